The van der Waals surface area contributed by atoms with E-state index in [0.717, 1.165) is 27.8 Å². The molecular formula is C14H18N2O3. The molecule has 19 heavy (non-hydrogen) atoms. The molecule has 0 spiro atoms. The van der Waals surface area contributed by atoms with Gasteiger partial charge >= 0.3 is 5.97 Å². The molecule has 2 aromatic rings. The van der Waals surface area contributed by atoms with Gasteiger partial charge in [0.1, 0.15) is 11.8 Å². The van der Waals surface area contributed by atoms with Crippen molar-refractivity contribution in [3.63, 3.8) is 0 Å². The molecule has 2 rings (SSSR count). The summed E-state index contributed by atoms with van der Waals surface area (Å²) in [4.78, 5) is 14.5. The summed E-state index contributed by atoms with van der Waals surface area (Å²) in [6, 6.07) is 3.33. The molecule has 5 nitrogen and oxygen atoms in total. The maximum Gasteiger partial charge on any atom is 0.322 e. The SMILES string of the molecule is COC(=O)C(N)Cc1c[nH]c2cc(OC)c(C)cc12. The topological polar surface area (TPSA) is 77.3 Å². The molecule has 1 aromatic heterocycles. The summed E-state index contributed by atoms with van der Waals surface area (Å²) >= 11 is 0. The zero-order chi connectivity index (χ0) is 14.0. The molecule has 1 unspecified atom stereocenters. The molecule has 0 saturated carbocycles. The summed E-state index contributed by atoms with van der Waals surface area (Å²) in [7, 11) is 2.98. The second-order valence-electron chi connectivity index (χ2n) is 4.52. The second kappa shape index (κ2) is 5.32. The Morgan fingerprint density at radius 2 is 2.16 bits per heavy atom. The summed E-state index contributed by atoms with van der Waals surface area (Å²) in [5, 5.41) is 1.05. The number of ether oxygens (including phenoxy) is 2. The molecule has 0 bridgehead atoms. The van der Waals surface area contributed by atoms with E-state index in [1.54, 1.807) is 7.11 Å². The molecular weight excluding hydrogens is 244 g/mol. The van der Waals surface area contributed by atoms with Gasteiger partial charge in [-0.15, -0.1) is 0 Å². The van der Waals surface area contributed by atoms with Gasteiger partial charge in [-0.05, 0) is 24.1 Å². The minimum absolute atomic E-state index is 0.403. The number of hydrogen-bond acceptors (Lipinski definition) is 4. The van der Waals surface area contributed by atoms with Gasteiger partial charge in [0, 0.05) is 29.6 Å². The number of hydrogen-bond donors (Lipinski definition) is 2. The van der Waals surface area contributed by atoms with Crippen LogP contribution in [0.25, 0.3) is 10.9 Å². The Morgan fingerprint density at radius 1 is 1.42 bits per heavy atom. The van der Waals surface area contributed by atoms with E-state index in [1.165, 1.54) is 7.11 Å². The average molecular weight is 262 g/mol. The van der Waals surface area contributed by atoms with Gasteiger partial charge in [-0.25, -0.2) is 0 Å². The fourth-order valence-corrected chi connectivity index (χ4v) is 2.18. The maximum atomic E-state index is 11.4. The molecule has 0 aliphatic carbocycles. The first-order valence-corrected chi connectivity index (χ1v) is 6.04. The van der Waals surface area contributed by atoms with Crippen LogP contribution in [0, 0.1) is 6.92 Å². The fourth-order valence-electron chi connectivity index (χ4n) is 2.18. The van der Waals surface area contributed by atoms with Gasteiger partial charge < -0.3 is 20.2 Å². The van der Waals surface area contributed by atoms with Gasteiger partial charge in [0.05, 0.1) is 14.2 Å². The summed E-state index contributed by atoms with van der Waals surface area (Å²) in [6.45, 7) is 1.98. The van der Waals surface area contributed by atoms with Crippen molar-refractivity contribution in [3.05, 3.63) is 29.5 Å². The highest BCUT2D eigenvalue weighted by Crippen LogP contribution is 2.27. The largest absolute Gasteiger partial charge is 0.496 e. The van der Waals surface area contributed by atoms with E-state index < -0.39 is 12.0 Å². The monoisotopic (exact) mass is 262 g/mol. The highest BCUT2D eigenvalue weighted by atomic mass is 16.5. The van der Waals surface area contributed by atoms with Crippen molar-refractivity contribution in [1.29, 1.82) is 0 Å². The Labute approximate surface area is 111 Å². The number of aryl methyl sites for hydroxylation is 1. The summed E-state index contributed by atoms with van der Waals surface area (Å²) < 4.78 is 9.92. The minimum Gasteiger partial charge on any atom is -0.496 e. The number of H-pyrrole nitrogens is 1. The van der Waals surface area contributed by atoms with Gasteiger partial charge in [0.2, 0.25) is 0 Å². The van der Waals surface area contributed by atoms with E-state index in [0.29, 0.717) is 6.42 Å². The number of rotatable bonds is 4. The van der Waals surface area contributed by atoms with Gasteiger partial charge in [0.15, 0.2) is 0 Å². The molecule has 0 aliphatic rings. The molecule has 0 radical (unpaired) electrons. The zero-order valence-electron chi connectivity index (χ0n) is 11.3. The van der Waals surface area contributed by atoms with Crippen molar-refractivity contribution in [2.75, 3.05) is 14.2 Å². The number of fused-ring (bicyclic) bond motifs is 1. The first-order valence-electron chi connectivity index (χ1n) is 6.04. The third-order valence-electron chi connectivity index (χ3n) is 3.23. The zero-order valence-corrected chi connectivity index (χ0v) is 11.3. The smallest absolute Gasteiger partial charge is 0.322 e. The molecule has 1 heterocycles. The average Bonchev–Trinajstić information content (AvgIpc) is 2.79. The molecule has 0 saturated heterocycles. The number of carbonyl (C=O) groups is 1. The third-order valence-corrected chi connectivity index (χ3v) is 3.23. The molecule has 102 valence electrons. The van der Waals surface area contributed by atoms with Crippen LogP contribution >= 0.6 is 0 Å². The predicted octanol–water partition coefficient (Wildman–Crippen LogP) is 1.53. The van der Waals surface area contributed by atoms with Crippen LogP contribution in [0.4, 0.5) is 0 Å². The molecule has 0 amide bonds. The van der Waals surface area contributed by atoms with E-state index in [1.807, 2.05) is 25.3 Å². The number of esters is 1. The van der Waals surface area contributed by atoms with Gasteiger partial charge in [-0.3, -0.25) is 4.79 Å². The number of benzene rings is 1. The first-order chi connectivity index (χ1) is 9.06. The van der Waals surface area contributed by atoms with Gasteiger partial charge in [-0.2, -0.15) is 0 Å². The van der Waals surface area contributed by atoms with E-state index in [4.69, 9.17) is 10.5 Å². The van der Waals surface area contributed by atoms with E-state index >= 15 is 0 Å². The highest BCUT2D eigenvalue weighted by Gasteiger charge is 2.17. The van der Waals surface area contributed by atoms with Crippen molar-refractivity contribution in [2.45, 2.75) is 19.4 Å². The van der Waals surface area contributed by atoms with Crippen LogP contribution in [0.15, 0.2) is 18.3 Å². The minimum atomic E-state index is -0.647. The quantitative estimate of drug-likeness (QED) is 0.819. The van der Waals surface area contributed by atoms with Crippen molar-refractivity contribution < 1.29 is 14.3 Å². The van der Waals surface area contributed by atoms with E-state index in [-0.39, 0.29) is 0 Å². The van der Waals surface area contributed by atoms with Crippen LogP contribution in [0.5, 0.6) is 5.75 Å². The van der Waals surface area contributed by atoms with Crippen molar-refractivity contribution in [2.24, 2.45) is 5.73 Å². The van der Waals surface area contributed by atoms with Crippen LogP contribution in [0.3, 0.4) is 0 Å². The molecule has 5 heteroatoms. The number of methoxy groups -OCH3 is 2. The Balaban J connectivity index is 2.35. The lowest BCUT2D eigenvalue weighted by Gasteiger charge is -2.09. The number of nitrogens with two attached hydrogens (primary N) is 1. The normalized spacial score (nSPS) is 12.4. The van der Waals surface area contributed by atoms with Crippen LogP contribution in [-0.4, -0.2) is 31.2 Å². The Morgan fingerprint density at radius 3 is 2.79 bits per heavy atom. The van der Waals surface area contributed by atoms with Crippen molar-refractivity contribution in [1.82, 2.24) is 4.98 Å². The summed E-state index contributed by atoms with van der Waals surface area (Å²) in [5.74, 6) is 0.428. The number of aromatic nitrogens is 1. The predicted molar refractivity (Wildman–Crippen MR) is 73.3 cm³/mol. The first kappa shape index (κ1) is 13.4. The van der Waals surface area contributed by atoms with E-state index in [9.17, 15) is 4.79 Å². The summed E-state index contributed by atoms with van der Waals surface area (Å²) in [6.07, 6.45) is 2.31. The maximum absolute atomic E-state index is 11.4. The standard InChI is InChI=1S/C14H18N2O3/c1-8-4-10-9(5-11(15)14(17)19-3)7-16-12(10)6-13(8)18-2/h4,6-7,11,16H,5,15H2,1-3H3. The Hall–Kier alpha value is -2.01. The Kier molecular flexibility index (Phi) is 3.76. The lowest BCUT2D eigenvalue weighted by Crippen LogP contribution is -2.33. The lowest BCUT2D eigenvalue weighted by molar-refractivity contribution is -0.142. The Bertz CT molecular complexity index is 604. The molecule has 0 fully saturated rings. The molecule has 0 aliphatic heterocycles. The number of aromatic amines is 1. The van der Waals surface area contributed by atoms with Crippen LogP contribution in [0.1, 0.15) is 11.1 Å². The number of nitrogens with one attached hydrogen (secondary N) is 1. The highest BCUT2D eigenvalue weighted by molar-refractivity contribution is 5.86. The number of carbonyl (C=O) groups excluding carboxylic acids is 1. The van der Waals surface area contributed by atoms with Crippen molar-refractivity contribution in [3.8, 4) is 5.75 Å². The van der Waals surface area contributed by atoms with Gasteiger partial charge in [-0.1, -0.05) is 0 Å². The molecule has 1 atom stereocenters. The van der Waals surface area contributed by atoms with Crippen LogP contribution < -0.4 is 10.5 Å². The fraction of sp³-hybridized carbons (Fsp3) is 0.357. The van der Waals surface area contributed by atoms with Crippen LogP contribution in [-0.2, 0) is 16.0 Å². The second-order valence-corrected chi connectivity index (χ2v) is 4.52. The lowest BCUT2D eigenvalue weighted by atomic mass is 10.0. The van der Waals surface area contributed by atoms with Crippen LogP contribution in [0.2, 0.25) is 0 Å². The summed E-state index contributed by atoms with van der Waals surface area (Å²) in [5.41, 5.74) is 8.80. The third kappa shape index (κ3) is 2.56. The van der Waals surface area contributed by atoms with E-state index in [2.05, 4.69) is 9.72 Å². The van der Waals surface area contributed by atoms with Gasteiger partial charge in [0.25, 0.3) is 0 Å². The molecule has 3 N–H and O–H groups in total. The molecule has 1 aromatic carbocycles. The van der Waals surface area contributed by atoms with Crippen molar-refractivity contribution >= 4 is 16.9 Å².